The Morgan fingerprint density at radius 1 is 1.33 bits per heavy atom. The maximum Gasteiger partial charge on any atom is 0.329 e. The van der Waals surface area contributed by atoms with Gasteiger partial charge in [0.25, 0.3) is 0 Å². The lowest BCUT2D eigenvalue weighted by Gasteiger charge is -2.36. The highest BCUT2D eigenvalue weighted by atomic mass is 16.5. The van der Waals surface area contributed by atoms with Crippen LogP contribution in [0.5, 0.6) is 0 Å². The monoisotopic (exact) mass is 300 g/mol. The van der Waals surface area contributed by atoms with E-state index in [9.17, 15) is 14.7 Å². The number of urea groups is 1. The van der Waals surface area contributed by atoms with Gasteiger partial charge in [-0.2, -0.15) is 0 Å². The van der Waals surface area contributed by atoms with Crippen LogP contribution in [-0.2, 0) is 9.53 Å². The molecular weight excluding hydrogens is 272 g/mol. The molecule has 1 saturated heterocycles. The number of amides is 2. The third kappa shape index (κ3) is 4.59. The molecule has 0 spiro atoms. The zero-order valence-electron chi connectivity index (χ0n) is 13.4. The van der Waals surface area contributed by atoms with E-state index in [-0.39, 0.29) is 12.1 Å². The van der Waals surface area contributed by atoms with Crippen LogP contribution in [0.2, 0.25) is 0 Å². The molecule has 0 aromatic rings. The minimum atomic E-state index is -1.17. The topological polar surface area (TPSA) is 78.9 Å². The lowest BCUT2D eigenvalue weighted by Crippen LogP contribution is -2.59. The Bertz CT molecular complexity index is 356. The molecule has 2 amide bonds. The minimum Gasteiger partial charge on any atom is -0.480 e. The Morgan fingerprint density at radius 2 is 2.00 bits per heavy atom. The van der Waals surface area contributed by atoms with Gasteiger partial charge in [-0.3, -0.25) is 0 Å². The van der Waals surface area contributed by atoms with Crippen molar-refractivity contribution in [1.82, 2.24) is 10.2 Å². The third-order valence-electron chi connectivity index (χ3n) is 4.19. The van der Waals surface area contributed by atoms with Crippen molar-refractivity contribution >= 4 is 12.0 Å². The fourth-order valence-corrected chi connectivity index (χ4v) is 2.61. The SMILES string of the molecule is CCCOC1CCCN(C(=O)NC(CC)(CC)C(=O)O)C1. The number of aliphatic carboxylic acids is 1. The number of piperidine rings is 1. The fraction of sp³-hybridized carbons (Fsp3) is 0.867. The van der Waals surface area contributed by atoms with Gasteiger partial charge >= 0.3 is 12.0 Å². The van der Waals surface area contributed by atoms with E-state index < -0.39 is 11.5 Å². The van der Waals surface area contributed by atoms with E-state index in [0.29, 0.717) is 32.5 Å². The van der Waals surface area contributed by atoms with Crippen LogP contribution in [-0.4, -0.2) is 53.3 Å². The van der Waals surface area contributed by atoms with Gasteiger partial charge in [-0.25, -0.2) is 9.59 Å². The largest absolute Gasteiger partial charge is 0.480 e. The zero-order chi connectivity index (χ0) is 15.9. The van der Waals surface area contributed by atoms with E-state index in [2.05, 4.69) is 12.2 Å². The first-order chi connectivity index (χ1) is 9.99. The lowest BCUT2D eigenvalue weighted by atomic mass is 9.93. The summed E-state index contributed by atoms with van der Waals surface area (Å²) in [6.07, 6.45) is 3.60. The van der Waals surface area contributed by atoms with Crippen LogP contribution >= 0.6 is 0 Å². The van der Waals surface area contributed by atoms with E-state index in [1.54, 1.807) is 18.7 Å². The summed E-state index contributed by atoms with van der Waals surface area (Å²) < 4.78 is 5.70. The Kier molecular flexibility index (Phi) is 6.95. The number of carbonyl (C=O) groups is 2. The Morgan fingerprint density at radius 3 is 2.52 bits per heavy atom. The molecule has 0 aliphatic carbocycles. The van der Waals surface area contributed by atoms with Gasteiger partial charge in [-0.1, -0.05) is 20.8 Å². The van der Waals surface area contributed by atoms with Crippen molar-refractivity contribution in [3.05, 3.63) is 0 Å². The number of likely N-dealkylation sites (tertiary alicyclic amines) is 1. The van der Waals surface area contributed by atoms with Crippen molar-refractivity contribution in [2.75, 3.05) is 19.7 Å². The molecule has 0 radical (unpaired) electrons. The number of ether oxygens (including phenoxy) is 1. The molecule has 21 heavy (non-hydrogen) atoms. The van der Waals surface area contributed by atoms with E-state index in [1.807, 2.05) is 0 Å². The fourth-order valence-electron chi connectivity index (χ4n) is 2.61. The Labute approximate surface area is 126 Å². The molecule has 122 valence electrons. The second-order valence-electron chi connectivity index (χ2n) is 5.61. The normalized spacial score (nSPS) is 19.4. The summed E-state index contributed by atoms with van der Waals surface area (Å²) in [5, 5.41) is 12.1. The second kappa shape index (κ2) is 8.22. The Hall–Kier alpha value is -1.30. The summed E-state index contributed by atoms with van der Waals surface area (Å²) >= 11 is 0. The molecule has 1 heterocycles. The molecule has 1 fully saturated rings. The number of carboxylic acids is 1. The first kappa shape index (κ1) is 17.8. The first-order valence-corrected chi connectivity index (χ1v) is 7.91. The third-order valence-corrected chi connectivity index (χ3v) is 4.19. The molecule has 0 aromatic heterocycles. The molecule has 1 atom stereocenters. The van der Waals surface area contributed by atoms with Gasteiger partial charge in [0.1, 0.15) is 5.54 Å². The van der Waals surface area contributed by atoms with E-state index in [0.717, 1.165) is 19.3 Å². The maximum atomic E-state index is 12.4. The molecule has 1 aliphatic rings. The highest BCUT2D eigenvalue weighted by Crippen LogP contribution is 2.18. The summed E-state index contributed by atoms with van der Waals surface area (Å²) in [5.74, 6) is -0.975. The molecular formula is C15H28N2O4. The molecule has 6 heteroatoms. The number of hydrogen-bond donors (Lipinski definition) is 2. The highest BCUT2D eigenvalue weighted by molar-refractivity contribution is 5.86. The van der Waals surface area contributed by atoms with E-state index in [4.69, 9.17) is 4.74 Å². The first-order valence-electron chi connectivity index (χ1n) is 7.91. The van der Waals surface area contributed by atoms with Gasteiger partial charge < -0.3 is 20.1 Å². The number of hydrogen-bond acceptors (Lipinski definition) is 3. The lowest BCUT2D eigenvalue weighted by molar-refractivity contribution is -0.144. The molecule has 1 rings (SSSR count). The zero-order valence-corrected chi connectivity index (χ0v) is 13.4. The van der Waals surface area contributed by atoms with Crippen LogP contribution in [0, 0.1) is 0 Å². The van der Waals surface area contributed by atoms with Crippen molar-refractivity contribution < 1.29 is 19.4 Å². The molecule has 1 aliphatic heterocycles. The predicted molar refractivity (Wildman–Crippen MR) is 80.3 cm³/mol. The molecule has 2 N–H and O–H groups in total. The standard InChI is InChI=1S/C15H28N2O4/c1-4-10-21-12-8-7-9-17(11-12)14(20)16-15(5-2,6-3)13(18)19/h12H,4-11H2,1-3H3,(H,16,20)(H,18,19). The van der Waals surface area contributed by atoms with Gasteiger partial charge in [0, 0.05) is 19.7 Å². The number of nitrogens with zero attached hydrogens (tertiary/aromatic N) is 1. The maximum absolute atomic E-state index is 12.4. The van der Waals surface area contributed by atoms with Crippen LogP contribution in [0.25, 0.3) is 0 Å². The molecule has 0 saturated carbocycles. The number of nitrogens with one attached hydrogen (secondary N) is 1. The minimum absolute atomic E-state index is 0.0620. The molecule has 1 unspecified atom stereocenters. The highest BCUT2D eigenvalue weighted by Gasteiger charge is 2.38. The Balaban J connectivity index is 2.63. The van der Waals surface area contributed by atoms with Crippen LogP contribution in [0.1, 0.15) is 52.9 Å². The molecule has 0 aromatic carbocycles. The van der Waals surface area contributed by atoms with Crippen LogP contribution in [0.15, 0.2) is 0 Å². The molecule has 6 nitrogen and oxygen atoms in total. The summed E-state index contributed by atoms with van der Waals surface area (Å²) in [6.45, 7) is 7.50. The van der Waals surface area contributed by atoms with Gasteiger partial charge in [0.2, 0.25) is 0 Å². The summed E-state index contributed by atoms with van der Waals surface area (Å²) in [4.78, 5) is 25.5. The van der Waals surface area contributed by atoms with Crippen molar-refractivity contribution in [3.8, 4) is 0 Å². The van der Waals surface area contributed by atoms with Crippen LogP contribution in [0.3, 0.4) is 0 Å². The average molecular weight is 300 g/mol. The quantitative estimate of drug-likeness (QED) is 0.755. The van der Waals surface area contributed by atoms with Gasteiger partial charge in [-0.15, -0.1) is 0 Å². The van der Waals surface area contributed by atoms with Crippen LogP contribution < -0.4 is 5.32 Å². The smallest absolute Gasteiger partial charge is 0.329 e. The summed E-state index contributed by atoms with van der Waals surface area (Å²) in [7, 11) is 0. The van der Waals surface area contributed by atoms with Crippen LogP contribution in [0.4, 0.5) is 4.79 Å². The van der Waals surface area contributed by atoms with Gasteiger partial charge in [0.05, 0.1) is 6.10 Å². The van der Waals surface area contributed by atoms with Crippen molar-refractivity contribution in [2.45, 2.75) is 64.5 Å². The van der Waals surface area contributed by atoms with E-state index >= 15 is 0 Å². The van der Waals surface area contributed by atoms with E-state index in [1.165, 1.54) is 0 Å². The van der Waals surface area contributed by atoms with Crippen molar-refractivity contribution in [1.29, 1.82) is 0 Å². The van der Waals surface area contributed by atoms with Gasteiger partial charge in [0.15, 0.2) is 0 Å². The average Bonchev–Trinajstić information content (AvgIpc) is 2.50. The number of carbonyl (C=O) groups excluding carboxylic acids is 1. The summed E-state index contributed by atoms with van der Waals surface area (Å²) in [5.41, 5.74) is -1.17. The number of rotatable bonds is 7. The van der Waals surface area contributed by atoms with Crippen molar-refractivity contribution in [3.63, 3.8) is 0 Å². The van der Waals surface area contributed by atoms with Crippen molar-refractivity contribution in [2.24, 2.45) is 0 Å². The number of carboxylic acid groups (broad SMARTS) is 1. The summed E-state index contributed by atoms with van der Waals surface area (Å²) in [6, 6.07) is -0.300. The second-order valence-corrected chi connectivity index (χ2v) is 5.61. The molecule has 0 bridgehead atoms. The van der Waals surface area contributed by atoms with Gasteiger partial charge in [-0.05, 0) is 32.1 Å². The predicted octanol–water partition coefficient (Wildman–Crippen LogP) is 2.23.